The van der Waals surface area contributed by atoms with Crippen molar-refractivity contribution in [1.82, 2.24) is 0 Å². The molecule has 1 aromatic rings. The van der Waals surface area contributed by atoms with Gasteiger partial charge in [-0.15, -0.1) is 0 Å². The molecule has 0 bridgehead atoms. The molecular formula is C11H12F2O. The second-order valence-corrected chi connectivity index (χ2v) is 3.90. The molecule has 0 amide bonds. The topological polar surface area (TPSA) is 20.2 Å². The first-order valence-electron chi connectivity index (χ1n) is 4.79. The van der Waals surface area contributed by atoms with Crippen LogP contribution >= 0.6 is 0 Å². The Labute approximate surface area is 81.4 Å². The quantitative estimate of drug-likeness (QED) is 0.735. The van der Waals surface area contributed by atoms with Crippen LogP contribution in [0.4, 0.5) is 8.78 Å². The fourth-order valence-corrected chi connectivity index (χ4v) is 2.07. The predicted molar refractivity (Wildman–Crippen MR) is 48.7 cm³/mol. The third kappa shape index (κ3) is 1.64. The number of benzene rings is 1. The highest BCUT2D eigenvalue weighted by Crippen LogP contribution is 2.38. The van der Waals surface area contributed by atoms with Gasteiger partial charge in [0.2, 0.25) is 0 Å². The Morgan fingerprint density at radius 1 is 1.00 bits per heavy atom. The van der Waals surface area contributed by atoms with Crippen LogP contribution in [0.3, 0.4) is 0 Å². The van der Waals surface area contributed by atoms with E-state index in [0.717, 1.165) is 18.9 Å². The molecule has 1 N–H and O–H groups in total. The Hall–Kier alpha value is -0.960. The molecular weight excluding hydrogens is 186 g/mol. The van der Waals surface area contributed by atoms with Crippen molar-refractivity contribution in [1.29, 1.82) is 0 Å². The van der Waals surface area contributed by atoms with E-state index in [-0.39, 0.29) is 0 Å². The molecule has 1 fully saturated rings. The Morgan fingerprint density at radius 2 is 1.50 bits per heavy atom. The number of rotatable bonds is 1. The molecule has 0 atom stereocenters. The monoisotopic (exact) mass is 198 g/mol. The maximum Gasteiger partial charge on any atom is 0.126 e. The highest BCUT2D eigenvalue weighted by Gasteiger charge is 2.33. The zero-order valence-electron chi connectivity index (χ0n) is 7.76. The minimum Gasteiger partial charge on any atom is -0.385 e. The molecule has 0 saturated heterocycles. The average Bonchev–Trinajstić information content (AvgIpc) is 2.52. The number of halogens is 2. The van der Waals surface area contributed by atoms with E-state index in [4.69, 9.17) is 0 Å². The summed E-state index contributed by atoms with van der Waals surface area (Å²) < 4.78 is 25.8. The van der Waals surface area contributed by atoms with Gasteiger partial charge in [0, 0.05) is 6.07 Å². The fourth-order valence-electron chi connectivity index (χ4n) is 2.07. The summed E-state index contributed by atoms with van der Waals surface area (Å²) in [5.74, 6) is -1.25. The lowest BCUT2D eigenvalue weighted by atomic mass is 9.92. The van der Waals surface area contributed by atoms with E-state index >= 15 is 0 Å². The Balaban J connectivity index is 2.40. The highest BCUT2D eigenvalue weighted by molar-refractivity contribution is 5.25. The van der Waals surface area contributed by atoms with Crippen molar-refractivity contribution in [2.45, 2.75) is 31.3 Å². The Bertz CT molecular complexity index is 323. The van der Waals surface area contributed by atoms with Crippen LogP contribution in [0.1, 0.15) is 31.2 Å². The first-order valence-corrected chi connectivity index (χ1v) is 4.79. The molecule has 1 nitrogen and oxygen atoms in total. The molecule has 76 valence electrons. The predicted octanol–water partition coefficient (Wildman–Crippen LogP) is 2.73. The summed E-state index contributed by atoms with van der Waals surface area (Å²) in [6.45, 7) is 0. The van der Waals surface area contributed by atoms with Crippen LogP contribution in [0, 0.1) is 11.6 Å². The number of hydrogen-bond acceptors (Lipinski definition) is 1. The van der Waals surface area contributed by atoms with Crippen molar-refractivity contribution in [3.8, 4) is 0 Å². The maximum absolute atomic E-state index is 12.9. The van der Waals surface area contributed by atoms with E-state index in [9.17, 15) is 13.9 Å². The van der Waals surface area contributed by atoms with Gasteiger partial charge in [0.1, 0.15) is 11.6 Å². The lowest BCUT2D eigenvalue weighted by Gasteiger charge is -2.22. The molecule has 1 saturated carbocycles. The minimum atomic E-state index is -1.01. The van der Waals surface area contributed by atoms with Crippen LogP contribution in [-0.2, 0) is 5.60 Å². The van der Waals surface area contributed by atoms with E-state index in [0.29, 0.717) is 18.4 Å². The molecule has 0 heterocycles. The summed E-state index contributed by atoms with van der Waals surface area (Å²) in [5, 5.41) is 10.1. The molecule has 0 aromatic heterocycles. The third-order valence-corrected chi connectivity index (χ3v) is 2.83. The van der Waals surface area contributed by atoms with Crippen molar-refractivity contribution in [2.24, 2.45) is 0 Å². The van der Waals surface area contributed by atoms with Gasteiger partial charge in [0.15, 0.2) is 0 Å². The zero-order valence-corrected chi connectivity index (χ0v) is 7.76. The van der Waals surface area contributed by atoms with Crippen molar-refractivity contribution < 1.29 is 13.9 Å². The number of hydrogen-bond donors (Lipinski definition) is 1. The van der Waals surface area contributed by atoms with E-state index < -0.39 is 17.2 Å². The molecule has 0 radical (unpaired) electrons. The SMILES string of the molecule is OC1(c2cc(F)cc(F)c2)CCCC1. The van der Waals surface area contributed by atoms with E-state index in [1.807, 2.05) is 0 Å². The van der Waals surface area contributed by atoms with Gasteiger partial charge < -0.3 is 5.11 Å². The lowest BCUT2D eigenvalue weighted by molar-refractivity contribution is 0.0438. The van der Waals surface area contributed by atoms with Gasteiger partial charge in [0.25, 0.3) is 0 Å². The van der Waals surface area contributed by atoms with Crippen LogP contribution in [0.2, 0.25) is 0 Å². The summed E-state index contributed by atoms with van der Waals surface area (Å²) in [5.41, 5.74) is -0.643. The Morgan fingerprint density at radius 3 is 2.00 bits per heavy atom. The molecule has 1 aliphatic rings. The van der Waals surface area contributed by atoms with Crippen molar-refractivity contribution >= 4 is 0 Å². The van der Waals surface area contributed by atoms with E-state index in [2.05, 4.69) is 0 Å². The van der Waals surface area contributed by atoms with Gasteiger partial charge in [-0.1, -0.05) is 12.8 Å². The number of aliphatic hydroxyl groups is 1. The molecule has 1 aliphatic carbocycles. The molecule has 14 heavy (non-hydrogen) atoms. The van der Waals surface area contributed by atoms with Crippen molar-refractivity contribution in [2.75, 3.05) is 0 Å². The smallest absolute Gasteiger partial charge is 0.126 e. The lowest BCUT2D eigenvalue weighted by Crippen LogP contribution is -2.21. The van der Waals surface area contributed by atoms with Crippen molar-refractivity contribution in [3.63, 3.8) is 0 Å². The van der Waals surface area contributed by atoms with Gasteiger partial charge in [-0.2, -0.15) is 0 Å². The van der Waals surface area contributed by atoms with Crippen LogP contribution < -0.4 is 0 Å². The van der Waals surface area contributed by atoms with Gasteiger partial charge in [-0.3, -0.25) is 0 Å². The standard InChI is InChI=1S/C11H12F2O/c12-9-5-8(6-10(13)7-9)11(14)3-1-2-4-11/h5-7,14H,1-4H2. The maximum atomic E-state index is 12.9. The minimum absolute atomic E-state index is 0.368. The highest BCUT2D eigenvalue weighted by atomic mass is 19.1. The summed E-state index contributed by atoms with van der Waals surface area (Å²) in [7, 11) is 0. The fraction of sp³-hybridized carbons (Fsp3) is 0.455. The summed E-state index contributed by atoms with van der Waals surface area (Å²) in [6.07, 6.45) is 3.01. The first-order chi connectivity index (χ1) is 6.60. The van der Waals surface area contributed by atoms with Crippen LogP contribution in [0.15, 0.2) is 18.2 Å². The first kappa shape index (κ1) is 9.59. The van der Waals surface area contributed by atoms with Crippen LogP contribution in [-0.4, -0.2) is 5.11 Å². The van der Waals surface area contributed by atoms with E-state index in [1.165, 1.54) is 12.1 Å². The van der Waals surface area contributed by atoms with Gasteiger partial charge in [0.05, 0.1) is 5.60 Å². The largest absolute Gasteiger partial charge is 0.385 e. The van der Waals surface area contributed by atoms with Crippen molar-refractivity contribution in [3.05, 3.63) is 35.4 Å². The molecule has 1 aromatic carbocycles. The normalized spacial score (nSPS) is 19.9. The summed E-state index contributed by atoms with van der Waals surface area (Å²) in [4.78, 5) is 0. The zero-order chi connectivity index (χ0) is 10.2. The van der Waals surface area contributed by atoms with Gasteiger partial charge >= 0.3 is 0 Å². The van der Waals surface area contributed by atoms with E-state index in [1.54, 1.807) is 0 Å². The van der Waals surface area contributed by atoms with Crippen LogP contribution in [0.25, 0.3) is 0 Å². The average molecular weight is 198 g/mol. The van der Waals surface area contributed by atoms with Gasteiger partial charge in [-0.05, 0) is 30.5 Å². The summed E-state index contributed by atoms with van der Waals surface area (Å²) in [6, 6.07) is 3.25. The third-order valence-electron chi connectivity index (χ3n) is 2.83. The Kier molecular flexibility index (Phi) is 2.27. The second kappa shape index (κ2) is 3.31. The molecule has 3 heteroatoms. The second-order valence-electron chi connectivity index (χ2n) is 3.90. The molecule has 0 spiro atoms. The molecule has 0 aliphatic heterocycles. The summed E-state index contributed by atoms with van der Waals surface area (Å²) >= 11 is 0. The van der Waals surface area contributed by atoms with Crippen LogP contribution in [0.5, 0.6) is 0 Å². The molecule has 2 rings (SSSR count). The van der Waals surface area contributed by atoms with Gasteiger partial charge in [-0.25, -0.2) is 8.78 Å². The molecule has 0 unspecified atom stereocenters.